The highest BCUT2D eigenvalue weighted by atomic mass is 16.4. The number of rotatable bonds is 7. The van der Waals surface area contributed by atoms with E-state index in [0.29, 0.717) is 13.0 Å². The Hall–Kier alpha value is -1.22. The molecule has 0 aromatic rings. The van der Waals surface area contributed by atoms with E-state index in [-0.39, 0.29) is 6.54 Å². The van der Waals surface area contributed by atoms with E-state index in [1.165, 1.54) is 0 Å². The fourth-order valence-corrected chi connectivity index (χ4v) is 0.733. The molecular weight excluding hydrogens is 228 g/mol. The Kier molecular flexibility index (Phi) is 12.0. The summed E-state index contributed by atoms with van der Waals surface area (Å²) < 4.78 is 0. The van der Waals surface area contributed by atoms with Crippen molar-refractivity contribution >= 4 is 11.9 Å². The van der Waals surface area contributed by atoms with Gasteiger partial charge in [0.1, 0.15) is 12.1 Å². The van der Waals surface area contributed by atoms with Crippen LogP contribution in [0.15, 0.2) is 0 Å². The van der Waals surface area contributed by atoms with Crippen LogP contribution in [0.1, 0.15) is 19.3 Å². The van der Waals surface area contributed by atoms with Crippen LogP contribution in [0.3, 0.4) is 0 Å². The molecule has 17 heavy (non-hydrogen) atoms. The van der Waals surface area contributed by atoms with Crippen molar-refractivity contribution in [1.82, 2.24) is 0 Å². The van der Waals surface area contributed by atoms with E-state index in [9.17, 15) is 9.59 Å². The first-order chi connectivity index (χ1) is 7.86. The quantitative estimate of drug-likeness (QED) is 0.277. The number of nitrogens with two attached hydrogens (primary N) is 4. The van der Waals surface area contributed by atoms with Crippen LogP contribution in [0.5, 0.6) is 0 Å². The number of hydrogen-bond acceptors (Lipinski definition) is 6. The zero-order chi connectivity index (χ0) is 13.8. The fourth-order valence-electron chi connectivity index (χ4n) is 0.733. The fraction of sp³-hybridized carbons (Fsp3) is 0.778. The number of hydrogen-bond donors (Lipinski definition) is 6. The predicted molar refractivity (Wildman–Crippen MR) is 63.2 cm³/mol. The molecule has 102 valence electrons. The summed E-state index contributed by atoms with van der Waals surface area (Å²) in [5, 5.41) is 16.3. The molecule has 0 aromatic carbocycles. The van der Waals surface area contributed by atoms with Gasteiger partial charge in [0.05, 0.1) is 0 Å². The van der Waals surface area contributed by atoms with E-state index in [2.05, 4.69) is 0 Å². The third-order valence-corrected chi connectivity index (χ3v) is 1.86. The molecule has 0 aliphatic carbocycles. The molecule has 8 heteroatoms. The van der Waals surface area contributed by atoms with E-state index in [4.69, 9.17) is 33.1 Å². The first-order valence-corrected chi connectivity index (χ1v) is 5.23. The van der Waals surface area contributed by atoms with Crippen LogP contribution in [-0.2, 0) is 9.59 Å². The molecule has 0 aliphatic rings. The Morgan fingerprint density at radius 3 is 1.65 bits per heavy atom. The van der Waals surface area contributed by atoms with Crippen molar-refractivity contribution in [1.29, 1.82) is 0 Å². The lowest BCUT2D eigenvalue weighted by Gasteiger charge is -2.03. The van der Waals surface area contributed by atoms with E-state index in [1.54, 1.807) is 0 Å². The van der Waals surface area contributed by atoms with Crippen LogP contribution in [0.4, 0.5) is 0 Å². The van der Waals surface area contributed by atoms with Gasteiger partial charge in [-0.1, -0.05) is 6.42 Å². The average molecular weight is 250 g/mol. The van der Waals surface area contributed by atoms with Gasteiger partial charge in [0.15, 0.2) is 0 Å². The molecule has 0 aliphatic heterocycles. The molecule has 0 rings (SSSR count). The maximum absolute atomic E-state index is 10.1. The van der Waals surface area contributed by atoms with Crippen LogP contribution in [0.2, 0.25) is 0 Å². The highest BCUT2D eigenvalue weighted by Gasteiger charge is 2.09. The van der Waals surface area contributed by atoms with E-state index < -0.39 is 24.0 Å². The van der Waals surface area contributed by atoms with Crippen molar-refractivity contribution in [3.63, 3.8) is 0 Å². The molecule has 2 atom stereocenters. The minimum Gasteiger partial charge on any atom is -0.480 e. The van der Waals surface area contributed by atoms with E-state index in [0.717, 1.165) is 12.8 Å². The summed E-state index contributed by atoms with van der Waals surface area (Å²) in [6.45, 7) is 0.599. The number of unbranched alkanes of at least 4 members (excludes halogenated alkanes) is 1. The molecule has 0 saturated heterocycles. The largest absolute Gasteiger partial charge is 0.480 e. The van der Waals surface area contributed by atoms with Gasteiger partial charge in [-0.05, 0) is 19.4 Å². The first-order valence-electron chi connectivity index (χ1n) is 5.23. The maximum Gasteiger partial charge on any atom is 0.321 e. The molecule has 0 heterocycles. The number of aliphatic carboxylic acids is 2. The Morgan fingerprint density at radius 2 is 1.41 bits per heavy atom. The van der Waals surface area contributed by atoms with Gasteiger partial charge in [0, 0.05) is 6.54 Å². The summed E-state index contributed by atoms with van der Waals surface area (Å²) in [5.74, 6) is -1.99. The summed E-state index contributed by atoms with van der Waals surface area (Å²) >= 11 is 0. The van der Waals surface area contributed by atoms with Gasteiger partial charge in [0.2, 0.25) is 0 Å². The van der Waals surface area contributed by atoms with Crippen LogP contribution >= 0.6 is 0 Å². The highest BCUT2D eigenvalue weighted by Crippen LogP contribution is 1.96. The van der Waals surface area contributed by atoms with Crippen LogP contribution in [0, 0.1) is 0 Å². The monoisotopic (exact) mass is 250 g/mol. The first kappa shape index (κ1) is 18.2. The standard InChI is InChI=1S/C6H14N2O2.C3H8N2O2/c7-4-2-1-3-5(8)6(9)10;4-1-2(5)3(6)7/h5H,1-4,7-8H2,(H,9,10);2H,1,4-5H2,(H,6,7)/t;2-/m.0/s1. The minimum absolute atomic E-state index is 0.00463. The van der Waals surface area contributed by atoms with Crippen molar-refractivity contribution in [2.45, 2.75) is 31.3 Å². The summed E-state index contributed by atoms with van der Waals surface area (Å²) in [6.07, 6.45) is 2.16. The second-order valence-corrected chi connectivity index (χ2v) is 3.41. The third kappa shape index (κ3) is 12.7. The molecule has 0 bridgehead atoms. The Bertz CT molecular complexity index is 225. The van der Waals surface area contributed by atoms with Crippen LogP contribution in [0.25, 0.3) is 0 Å². The predicted octanol–water partition coefficient (Wildman–Crippen LogP) is -2.12. The van der Waals surface area contributed by atoms with Gasteiger partial charge >= 0.3 is 11.9 Å². The smallest absolute Gasteiger partial charge is 0.321 e. The van der Waals surface area contributed by atoms with Crippen molar-refractivity contribution in [3.8, 4) is 0 Å². The zero-order valence-corrected chi connectivity index (χ0v) is 9.71. The zero-order valence-electron chi connectivity index (χ0n) is 9.71. The Labute approximate surface area is 99.9 Å². The molecule has 0 radical (unpaired) electrons. The summed E-state index contributed by atoms with van der Waals surface area (Å²) in [4.78, 5) is 19.9. The maximum atomic E-state index is 10.1. The lowest BCUT2D eigenvalue weighted by atomic mass is 10.1. The van der Waals surface area contributed by atoms with E-state index in [1.807, 2.05) is 0 Å². The van der Waals surface area contributed by atoms with Gasteiger partial charge in [-0.3, -0.25) is 9.59 Å². The van der Waals surface area contributed by atoms with E-state index >= 15 is 0 Å². The molecule has 0 fully saturated rings. The lowest BCUT2D eigenvalue weighted by Crippen LogP contribution is -2.37. The molecule has 10 N–H and O–H groups in total. The van der Waals surface area contributed by atoms with Crippen molar-refractivity contribution in [3.05, 3.63) is 0 Å². The normalized spacial score (nSPS) is 13.2. The second-order valence-electron chi connectivity index (χ2n) is 3.41. The molecular formula is C9H22N4O4. The highest BCUT2D eigenvalue weighted by molar-refractivity contribution is 5.73. The van der Waals surface area contributed by atoms with Gasteiger partial charge in [-0.25, -0.2) is 0 Å². The number of carbonyl (C=O) groups is 2. The number of carboxylic acid groups (broad SMARTS) is 2. The Balaban J connectivity index is 0. The summed E-state index contributed by atoms with van der Waals surface area (Å²) in [7, 11) is 0. The van der Waals surface area contributed by atoms with Gasteiger partial charge < -0.3 is 33.1 Å². The summed E-state index contributed by atoms with van der Waals surface area (Å²) in [5.41, 5.74) is 20.2. The average Bonchev–Trinajstić information content (AvgIpc) is 2.28. The van der Waals surface area contributed by atoms with Gasteiger partial charge in [0.25, 0.3) is 0 Å². The molecule has 0 aromatic heterocycles. The number of carboxylic acids is 2. The van der Waals surface area contributed by atoms with Gasteiger partial charge in [-0.15, -0.1) is 0 Å². The third-order valence-electron chi connectivity index (χ3n) is 1.86. The molecule has 8 nitrogen and oxygen atoms in total. The molecule has 0 spiro atoms. The molecule has 0 amide bonds. The SMILES string of the molecule is NCCCCC(N)C(=O)O.NC[C@H](N)C(=O)O. The van der Waals surface area contributed by atoms with Gasteiger partial charge in [-0.2, -0.15) is 0 Å². The topological polar surface area (TPSA) is 179 Å². The van der Waals surface area contributed by atoms with Crippen molar-refractivity contribution in [2.75, 3.05) is 13.1 Å². The van der Waals surface area contributed by atoms with Crippen molar-refractivity contribution < 1.29 is 19.8 Å². The summed E-state index contributed by atoms with van der Waals surface area (Å²) in [6, 6.07) is -1.62. The molecule has 1 unspecified atom stereocenters. The molecule has 0 saturated carbocycles. The van der Waals surface area contributed by atoms with Crippen molar-refractivity contribution in [2.24, 2.45) is 22.9 Å². The van der Waals surface area contributed by atoms with Crippen LogP contribution in [-0.4, -0.2) is 47.3 Å². The van der Waals surface area contributed by atoms with Crippen LogP contribution < -0.4 is 22.9 Å². The Morgan fingerprint density at radius 1 is 0.941 bits per heavy atom. The lowest BCUT2D eigenvalue weighted by molar-refractivity contribution is -0.139. The minimum atomic E-state index is -1.05. The second kappa shape index (κ2) is 11.3.